The average Bonchev–Trinajstić information content (AvgIpc) is 2.43. The third-order valence-corrected chi connectivity index (χ3v) is 6.30. The summed E-state index contributed by atoms with van der Waals surface area (Å²) >= 11 is 0. The number of hydrogen-bond acceptors (Lipinski definition) is 2. The second kappa shape index (κ2) is 6.22. The molecule has 0 heterocycles. The highest BCUT2D eigenvalue weighted by Crippen LogP contribution is 2.60. The van der Waals surface area contributed by atoms with Crippen molar-refractivity contribution in [2.75, 3.05) is 7.11 Å². The second-order valence-corrected chi connectivity index (χ2v) is 8.34. The van der Waals surface area contributed by atoms with Crippen molar-refractivity contribution in [1.29, 1.82) is 0 Å². The molecule has 2 heteroatoms. The molecule has 0 spiro atoms. The van der Waals surface area contributed by atoms with Gasteiger partial charge in [0.1, 0.15) is 0 Å². The molecule has 2 nitrogen and oxygen atoms in total. The molecular formula is C20H32O2. The van der Waals surface area contributed by atoms with Gasteiger partial charge in [0.15, 0.2) is 0 Å². The molecule has 2 aliphatic carbocycles. The van der Waals surface area contributed by atoms with Gasteiger partial charge in [0.2, 0.25) is 0 Å². The Kier molecular flexibility index (Phi) is 4.89. The molecule has 0 saturated heterocycles. The molecule has 3 atom stereocenters. The van der Waals surface area contributed by atoms with Crippen LogP contribution < -0.4 is 0 Å². The zero-order chi connectivity index (χ0) is 16.5. The zero-order valence-corrected chi connectivity index (χ0v) is 15.0. The molecule has 124 valence electrons. The molecule has 22 heavy (non-hydrogen) atoms. The number of esters is 1. The normalized spacial score (nSPS) is 33.6. The van der Waals surface area contributed by atoms with Gasteiger partial charge in [0.25, 0.3) is 0 Å². The summed E-state index contributed by atoms with van der Waals surface area (Å²) in [5.74, 6) is 0.821. The molecule has 0 aromatic heterocycles. The quantitative estimate of drug-likeness (QED) is 0.521. The monoisotopic (exact) mass is 304 g/mol. The minimum Gasteiger partial charge on any atom is -0.466 e. The first-order valence-corrected chi connectivity index (χ1v) is 8.65. The summed E-state index contributed by atoms with van der Waals surface area (Å²) in [4.78, 5) is 12.3. The van der Waals surface area contributed by atoms with Crippen LogP contribution in [0, 0.1) is 22.7 Å². The summed E-state index contributed by atoms with van der Waals surface area (Å²) < 4.78 is 5.07. The lowest BCUT2D eigenvalue weighted by Gasteiger charge is -2.56. The van der Waals surface area contributed by atoms with Crippen molar-refractivity contribution in [3.8, 4) is 0 Å². The summed E-state index contributed by atoms with van der Waals surface area (Å²) in [5, 5.41) is 0. The van der Waals surface area contributed by atoms with E-state index in [1.54, 1.807) is 0 Å². The number of carbonyl (C=O) groups is 1. The lowest BCUT2D eigenvalue weighted by molar-refractivity contribution is -0.139. The van der Waals surface area contributed by atoms with Gasteiger partial charge in [0, 0.05) is 5.57 Å². The van der Waals surface area contributed by atoms with Gasteiger partial charge in [0.05, 0.1) is 7.11 Å². The van der Waals surface area contributed by atoms with Gasteiger partial charge in [-0.25, -0.2) is 4.79 Å². The van der Waals surface area contributed by atoms with Crippen LogP contribution in [0.15, 0.2) is 23.8 Å². The zero-order valence-electron chi connectivity index (χ0n) is 15.0. The van der Waals surface area contributed by atoms with Crippen molar-refractivity contribution in [2.24, 2.45) is 22.7 Å². The third-order valence-electron chi connectivity index (χ3n) is 6.30. The van der Waals surface area contributed by atoms with Gasteiger partial charge in [-0.15, -0.1) is 6.58 Å². The van der Waals surface area contributed by atoms with Crippen molar-refractivity contribution in [2.45, 2.75) is 66.2 Å². The largest absolute Gasteiger partial charge is 0.466 e. The smallest absolute Gasteiger partial charge is 0.333 e. The van der Waals surface area contributed by atoms with Gasteiger partial charge < -0.3 is 4.74 Å². The number of allylic oxidation sites excluding steroid dienone is 2. The SMILES string of the molecule is C=C(C)CC[C@H]1C(C(=O)OC)=CC[C@H]2C(C)(C)CCC[C@]12C. The predicted molar refractivity (Wildman–Crippen MR) is 91.5 cm³/mol. The third kappa shape index (κ3) is 3.02. The highest BCUT2D eigenvalue weighted by Gasteiger charge is 2.53. The number of methoxy groups -OCH3 is 1. The predicted octanol–water partition coefficient (Wildman–Crippen LogP) is 5.29. The van der Waals surface area contributed by atoms with Crippen molar-refractivity contribution in [1.82, 2.24) is 0 Å². The van der Waals surface area contributed by atoms with Crippen LogP contribution in [0.3, 0.4) is 0 Å². The van der Waals surface area contributed by atoms with Gasteiger partial charge >= 0.3 is 5.97 Å². The summed E-state index contributed by atoms with van der Waals surface area (Å²) in [5.41, 5.74) is 2.67. The molecule has 0 aromatic rings. The summed E-state index contributed by atoms with van der Waals surface area (Å²) in [7, 11) is 1.50. The van der Waals surface area contributed by atoms with Gasteiger partial charge in [-0.05, 0) is 61.7 Å². The minimum atomic E-state index is -0.130. The Bertz CT molecular complexity index is 486. The number of fused-ring (bicyclic) bond motifs is 1. The molecule has 0 aliphatic heterocycles. The van der Waals surface area contributed by atoms with Crippen LogP contribution in [0.1, 0.15) is 66.2 Å². The van der Waals surface area contributed by atoms with Crippen molar-refractivity contribution in [3.05, 3.63) is 23.8 Å². The van der Waals surface area contributed by atoms with Crippen LogP contribution in [0.5, 0.6) is 0 Å². The summed E-state index contributed by atoms with van der Waals surface area (Å²) in [6.45, 7) is 13.4. The van der Waals surface area contributed by atoms with E-state index < -0.39 is 0 Å². The van der Waals surface area contributed by atoms with E-state index in [2.05, 4.69) is 40.3 Å². The van der Waals surface area contributed by atoms with Crippen molar-refractivity contribution >= 4 is 5.97 Å². The maximum Gasteiger partial charge on any atom is 0.333 e. The number of ether oxygens (including phenoxy) is 1. The summed E-state index contributed by atoms with van der Waals surface area (Å²) in [6, 6.07) is 0. The lowest BCUT2D eigenvalue weighted by Crippen LogP contribution is -2.49. The average molecular weight is 304 g/mol. The van der Waals surface area contributed by atoms with Crippen LogP contribution in [0.4, 0.5) is 0 Å². The fraction of sp³-hybridized carbons (Fsp3) is 0.750. The summed E-state index contributed by atoms with van der Waals surface area (Å²) in [6.07, 6.45) is 8.96. The maximum atomic E-state index is 12.3. The molecule has 0 aromatic carbocycles. The van der Waals surface area contributed by atoms with Gasteiger partial charge in [-0.1, -0.05) is 38.8 Å². The Hall–Kier alpha value is -1.05. The molecule has 1 fully saturated rings. The molecular weight excluding hydrogens is 272 g/mol. The molecule has 0 radical (unpaired) electrons. The molecule has 0 N–H and O–H groups in total. The first-order chi connectivity index (χ1) is 10.2. The molecule has 0 amide bonds. The van der Waals surface area contributed by atoms with Crippen molar-refractivity contribution < 1.29 is 9.53 Å². The number of carbonyl (C=O) groups excluding carboxylic acids is 1. The lowest BCUT2D eigenvalue weighted by atomic mass is 9.48. The molecule has 2 aliphatic rings. The van der Waals surface area contributed by atoms with Crippen LogP contribution in [0.2, 0.25) is 0 Å². The Morgan fingerprint density at radius 2 is 2.05 bits per heavy atom. The van der Waals surface area contributed by atoms with Crippen LogP contribution in [-0.4, -0.2) is 13.1 Å². The highest BCUT2D eigenvalue weighted by atomic mass is 16.5. The first kappa shape index (κ1) is 17.3. The first-order valence-electron chi connectivity index (χ1n) is 8.65. The van der Waals surface area contributed by atoms with E-state index in [9.17, 15) is 4.79 Å². The molecule has 0 bridgehead atoms. The number of rotatable bonds is 4. The van der Waals surface area contributed by atoms with Crippen molar-refractivity contribution in [3.63, 3.8) is 0 Å². The highest BCUT2D eigenvalue weighted by molar-refractivity contribution is 5.89. The Morgan fingerprint density at radius 3 is 2.64 bits per heavy atom. The van der Waals surface area contributed by atoms with Crippen LogP contribution in [0.25, 0.3) is 0 Å². The van der Waals surface area contributed by atoms with E-state index in [-0.39, 0.29) is 11.4 Å². The fourth-order valence-corrected chi connectivity index (χ4v) is 5.13. The van der Waals surface area contributed by atoms with E-state index in [0.717, 1.165) is 24.8 Å². The van der Waals surface area contributed by atoms with Gasteiger partial charge in [-0.2, -0.15) is 0 Å². The van der Waals surface area contributed by atoms with Crippen LogP contribution >= 0.6 is 0 Å². The Morgan fingerprint density at radius 1 is 1.36 bits per heavy atom. The van der Waals surface area contributed by atoms with Gasteiger partial charge in [-0.3, -0.25) is 0 Å². The number of hydrogen-bond donors (Lipinski definition) is 0. The molecule has 2 rings (SSSR count). The van der Waals surface area contributed by atoms with E-state index in [4.69, 9.17) is 4.74 Å². The molecule has 1 saturated carbocycles. The van der Waals surface area contributed by atoms with E-state index >= 15 is 0 Å². The van der Waals surface area contributed by atoms with E-state index in [1.165, 1.54) is 31.9 Å². The Balaban J connectivity index is 2.39. The topological polar surface area (TPSA) is 26.3 Å². The molecule has 0 unspecified atom stereocenters. The maximum absolute atomic E-state index is 12.3. The Labute approximate surface area is 136 Å². The second-order valence-electron chi connectivity index (χ2n) is 8.34. The fourth-order valence-electron chi connectivity index (χ4n) is 5.13. The minimum absolute atomic E-state index is 0.130. The van der Waals surface area contributed by atoms with Crippen LogP contribution in [-0.2, 0) is 9.53 Å². The van der Waals surface area contributed by atoms with E-state index in [0.29, 0.717) is 17.3 Å². The standard InChI is InChI=1S/C20H32O2/c1-14(2)8-10-16-15(18(21)22-6)9-11-17-19(3,4)12-7-13-20(16,17)5/h9,16-17H,1,7-8,10-13H2,2-6H3/t16-,17-,20+/m0/s1. The van der Waals surface area contributed by atoms with E-state index in [1.807, 2.05) is 0 Å².